The van der Waals surface area contributed by atoms with Crippen LogP contribution < -0.4 is 0 Å². The van der Waals surface area contributed by atoms with Gasteiger partial charge in [0.15, 0.2) is 0 Å². The zero-order valence-electron chi connectivity index (χ0n) is 10.2. The molecule has 0 bridgehead atoms. The number of carbonyl (C=O) groups excluding carboxylic acids is 1. The predicted molar refractivity (Wildman–Crippen MR) is 60.8 cm³/mol. The van der Waals surface area contributed by atoms with E-state index >= 15 is 0 Å². The summed E-state index contributed by atoms with van der Waals surface area (Å²) in [4.78, 5) is 14.0. The molecule has 1 saturated heterocycles. The predicted octanol–water partition coefficient (Wildman–Crippen LogP) is 2.20. The lowest BCUT2D eigenvalue weighted by molar-refractivity contribution is -0.146. The van der Waals surface area contributed by atoms with Crippen molar-refractivity contribution in [1.82, 2.24) is 4.90 Å². The van der Waals surface area contributed by atoms with Crippen LogP contribution in [0.2, 0.25) is 0 Å². The molecule has 0 aromatic heterocycles. The van der Waals surface area contributed by atoms with Crippen LogP contribution in [0.5, 0.6) is 0 Å². The van der Waals surface area contributed by atoms with Crippen molar-refractivity contribution >= 4 is 5.97 Å². The van der Waals surface area contributed by atoms with Gasteiger partial charge in [-0.2, -0.15) is 0 Å². The maximum atomic E-state index is 11.5. The summed E-state index contributed by atoms with van der Waals surface area (Å²) in [5, 5.41) is 0. The molecule has 1 aliphatic heterocycles. The first-order valence-corrected chi connectivity index (χ1v) is 6.03. The number of hydrogen-bond acceptors (Lipinski definition) is 3. The molecule has 0 aliphatic carbocycles. The van der Waals surface area contributed by atoms with Crippen molar-refractivity contribution in [3.8, 4) is 0 Å². The van der Waals surface area contributed by atoms with Crippen LogP contribution in [0.4, 0.5) is 0 Å². The molecular weight excluding hydrogens is 190 g/mol. The highest BCUT2D eigenvalue weighted by Gasteiger charge is 2.34. The molecule has 0 spiro atoms. The Balaban J connectivity index is 2.54. The lowest BCUT2D eigenvalue weighted by Crippen LogP contribution is -2.46. The van der Waals surface area contributed by atoms with Gasteiger partial charge in [0.25, 0.3) is 0 Å². The fourth-order valence-corrected chi connectivity index (χ4v) is 2.24. The number of esters is 1. The smallest absolute Gasteiger partial charge is 0.307 e. The molecule has 0 saturated carbocycles. The molecule has 0 aromatic carbocycles. The van der Waals surface area contributed by atoms with E-state index in [1.54, 1.807) is 0 Å². The number of hydrogen-bond donors (Lipinski definition) is 0. The van der Waals surface area contributed by atoms with Crippen molar-refractivity contribution in [2.24, 2.45) is 0 Å². The van der Waals surface area contributed by atoms with Gasteiger partial charge in [-0.3, -0.25) is 9.69 Å². The largest absolute Gasteiger partial charge is 0.466 e. The van der Waals surface area contributed by atoms with Gasteiger partial charge in [0.1, 0.15) is 0 Å². The molecule has 0 radical (unpaired) electrons. The molecule has 1 fully saturated rings. The van der Waals surface area contributed by atoms with E-state index in [1.807, 2.05) is 6.92 Å². The van der Waals surface area contributed by atoms with Crippen molar-refractivity contribution in [1.29, 1.82) is 0 Å². The zero-order chi connectivity index (χ0) is 11.3. The van der Waals surface area contributed by atoms with Gasteiger partial charge in [-0.15, -0.1) is 0 Å². The first-order chi connectivity index (χ1) is 7.12. The Kier molecular flexibility index (Phi) is 4.58. The number of carbonyl (C=O) groups is 1. The van der Waals surface area contributed by atoms with Crippen molar-refractivity contribution < 1.29 is 9.53 Å². The average molecular weight is 213 g/mol. The van der Waals surface area contributed by atoms with Crippen LogP contribution in [0, 0.1) is 0 Å². The Morgan fingerprint density at radius 1 is 1.33 bits per heavy atom. The molecule has 0 N–H and O–H groups in total. The number of ether oxygens (including phenoxy) is 1. The molecule has 1 rings (SSSR count). The molecule has 3 nitrogen and oxygen atoms in total. The summed E-state index contributed by atoms with van der Waals surface area (Å²) in [5.74, 6) is -0.0613. The van der Waals surface area contributed by atoms with E-state index in [0.29, 0.717) is 13.0 Å². The summed E-state index contributed by atoms with van der Waals surface area (Å²) >= 11 is 0. The summed E-state index contributed by atoms with van der Waals surface area (Å²) in [5.41, 5.74) is 0.00273. The van der Waals surface area contributed by atoms with Gasteiger partial charge in [0.2, 0.25) is 0 Å². The maximum absolute atomic E-state index is 11.5. The number of likely N-dealkylation sites (tertiary alicyclic amines) is 1. The van der Waals surface area contributed by atoms with Gasteiger partial charge in [-0.05, 0) is 46.2 Å². The molecule has 1 atom stereocenters. The highest BCUT2D eigenvalue weighted by atomic mass is 16.5. The first kappa shape index (κ1) is 12.5. The lowest BCUT2D eigenvalue weighted by Gasteiger charge is -2.37. The first-order valence-electron chi connectivity index (χ1n) is 6.03. The van der Waals surface area contributed by atoms with Gasteiger partial charge in [-0.25, -0.2) is 0 Å². The summed E-state index contributed by atoms with van der Waals surface area (Å²) in [6.07, 6.45) is 4.06. The average Bonchev–Trinajstić information content (AvgIpc) is 2.71. The summed E-state index contributed by atoms with van der Waals surface area (Å²) < 4.78 is 5.03. The maximum Gasteiger partial charge on any atom is 0.307 e. The van der Waals surface area contributed by atoms with Gasteiger partial charge in [0, 0.05) is 5.54 Å². The Bertz CT molecular complexity index is 212. The topological polar surface area (TPSA) is 29.5 Å². The monoisotopic (exact) mass is 213 g/mol. The Labute approximate surface area is 92.8 Å². The van der Waals surface area contributed by atoms with E-state index in [4.69, 9.17) is 4.74 Å². The zero-order valence-corrected chi connectivity index (χ0v) is 10.2. The Hall–Kier alpha value is -0.570. The quantitative estimate of drug-likeness (QED) is 0.656. The number of nitrogens with zero attached hydrogens (tertiary/aromatic N) is 1. The summed E-state index contributed by atoms with van der Waals surface area (Å²) in [6, 6.07) is 0. The minimum absolute atomic E-state index is 0.00273. The van der Waals surface area contributed by atoms with Gasteiger partial charge in [0.05, 0.1) is 13.0 Å². The highest BCUT2D eigenvalue weighted by Crippen LogP contribution is 2.27. The normalized spacial score (nSPS) is 21.3. The van der Waals surface area contributed by atoms with Crippen LogP contribution in [0.25, 0.3) is 0 Å². The molecule has 3 heteroatoms. The van der Waals surface area contributed by atoms with Crippen molar-refractivity contribution in [2.45, 2.75) is 52.0 Å². The number of rotatable bonds is 5. The van der Waals surface area contributed by atoms with Crippen molar-refractivity contribution in [3.63, 3.8) is 0 Å². The fourth-order valence-electron chi connectivity index (χ4n) is 2.24. The molecule has 15 heavy (non-hydrogen) atoms. The third-order valence-corrected chi connectivity index (χ3v) is 3.46. The van der Waals surface area contributed by atoms with Crippen LogP contribution in [0.1, 0.15) is 46.5 Å². The second-order valence-corrected chi connectivity index (χ2v) is 4.53. The van der Waals surface area contributed by atoms with Gasteiger partial charge < -0.3 is 4.74 Å². The molecule has 0 amide bonds. The molecular formula is C12H23NO2. The van der Waals surface area contributed by atoms with Crippen LogP contribution in [-0.4, -0.2) is 36.1 Å². The highest BCUT2D eigenvalue weighted by molar-refractivity contribution is 5.70. The SMILES string of the molecule is CCOC(=O)CC(C)(CC)N1CCCC1. The Morgan fingerprint density at radius 3 is 2.40 bits per heavy atom. The summed E-state index contributed by atoms with van der Waals surface area (Å²) in [6.45, 7) is 8.93. The summed E-state index contributed by atoms with van der Waals surface area (Å²) in [7, 11) is 0. The molecule has 1 heterocycles. The molecule has 88 valence electrons. The van der Waals surface area contributed by atoms with E-state index in [-0.39, 0.29) is 11.5 Å². The van der Waals surface area contributed by atoms with Crippen LogP contribution in [0.15, 0.2) is 0 Å². The third kappa shape index (κ3) is 3.20. The minimum Gasteiger partial charge on any atom is -0.466 e. The van der Waals surface area contributed by atoms with Crippen molar-refractivity contribution in [3.05, 3.63) is 0 Å². The van der Waals surface area contributed by atoms with Gasteiger partial charge in [-0.1, -0.05) is 6.92 Å². The van der Waals surface area contributed by atoms with Crippen LogP contribution in [-0.2, 0) is 9.53 Å². The van der Waals surface area contributed by atoms with Crippen LogP contribution >= 0.6 is 0 Å². The van der Waals surface area contributed by atoms with E-state index in [1.165, 1.54) is 12.8 Å². The molecule has 1 unspecified atom stereocenters. The standard InChI is InChI=1S/C12H23NO2/c1-4-12(3,10-11(14)15-5-2)13-8-6-7-9-13/h4-10H2,1-3H3. The van der Waals surface area contributed by atoms with Crippen LogP contribution in [0.3, 0.4) is 0 Å². The second-order valence-electron chi connectivity index (χ2n) is 4.53. The molecule has 0 aromatic rings. The van der Waals surface area contributed by atoms with Gasteiger partial charge >= 0.3 is 5.97 Å². The minimum atomic E-state index is -0.0613. The fraction of sp³-hybridized carbons (Fsp3) is 0.917. The molecule has 1 aliphatic rings. The van der Waals surface area contributed by atoms with Crippen molar-refractivity contribution in [2.75, 3.05) is 19.7 Å². The Morgan fingerprint density at radius 2 is 1.93 bits per heavy atom. The van der Waals surface area contributed by atoms with E-state index in [9.17, 15) is 4.79 Å². The second kappa shape index (κ2) is 5.50. The van der Waals surface area contributed by atoms with E-state index < -0.39 is 0 Å². The third-order valence-electron chi connectivity index (χ3n) is 3.46. The van der Waals surface area contributed by atoms with E-state index in [2.05, 4.69) is 18.7 Å². The van der Waals surface area contributed by atoms with E-state index in [0.717, 1.165) is 19.5 Å². The lowest BCUT2D eigenvalue weighted by atomic mass is 9.92.